The fourth-order valence-corrected chi connectivity index (χ4v) is 3.94. The number of furan rings is 1. The van der Waals surface area contributed by atoms with Gasteiger partial charge < -0.3 is 9.32 Å². The molecule has 5 amide bonds. The summed E-state index contributed by atoms with van der Waals surface area (Å²) < 4.78 is 5.47. The average molecular weight is 423 g/mol. The molecule has 1 aromatic carbocycles. The number of carbonyl (C=O) groups is 5. The highest BCUT2D eigenvalue weighted by Crippen LogP contribution is 2.29. The van der Waals surface area contributed by atoms with Crippen LogP contribution >= 0.6 is 0 Å². The van der Waals surface area contributed by atoms with Crippen LogP contribution < -0.4 is 10.6 Å². The smallest absolute Gasteiger partial charge is 0.258 e. The SMILES string of the molecule is Cc1cc(CC(=O)NC(=O)c2cccc3c2C(=O)N(C2CCC(=O)NC2=O)C3)oc1C. The first-order chi connectivity index (χ1) is 14.7. The van der Waals surface area contributed by atoms with Crippen molar-refractivity contribution in [2.45, 2.75) is 45.7 Å². The zero-order valence-corrected chi connectivity index (χ0v) is 17.1. The molecule has 1 atom stereocenters. The number of hydrogen-bond acceptors (Lipinski definition) is 6. The third-order valence-electron chi connectivity index (χ3n) is 5.60. The summed E-state index contributed by atoms with van der Waals surface area (Å²) in [5, 5.41) is 4.54. The lowest BCUT2D eigenvalue weighted by atomic mass is 10.0. The van der Waals surface area contributed by atoms with E-state index in [-0.39, 0.29) is 42.8 Å². The van der Waals surface area contributed by atoms with Crippen molar-refractivity contribution in [3.05, 3.63) is 58.0 Å². The normalized spacial score (nSPS) is 18.1. The van der Waals surface area contributed by atoms with Crippen LogP contribution in [0.25, 0.3) is 0 Å². The summed E-state index contributed by atoms with van der Waals surface area (Å²) in [6.07, 6.45) is 0.266. The lowest BCUT2D eigenvalue weighted by Gasteiger charge is -2.29. The zero-order valence-electron chi connectivity index (χ0n) is 17.1. The van der Waals surface area contributed by atoms with Crippen molar-refractivity contribution >= 4 is 29.5 Å². The van der Waals surface area contributed by atoms with Gasteiger partial charge in [-0.3, -0.25) is 34.6 Å². The monoisotopic (exact) mass is 423 g/mol. The molecular formula is C22H21N3O6. The van der Waals surface area contributed by atoms with Crippen molar-refractivity contribution in [2.75, 3.05) is 0 Å². The molecule has 9 nitrogen and oxygen atoms in total. The van der Waals surface area contributed by atoms with Gasteiger partial charge in [0.1, 0.15) is 17.6 Å². The average Bonchev–Trinajstić information content (AvgIpc) is 3.20. The second kappa shape index (κ2) is 7.82. The van der Waals surface area contributed by atoms with Crippen molar-refractivity contribution in [1.29, 1.82) is 0 Å². The summed E-state index contributed by atoms with van der Waals surface area (Å²) in [5.41, 5.74) is 1.74. The lowest BCUT2D eigenvalue weighted by Crippen LogP contribution is -2.52. The first kappa shape index (κ1) is 20.5. The van der Waals surface area contributed by atoms with E-state index in [1.807, 2.05) is 6.92 Å². The third-order valence-corrected chi connectivity index (χ3v) is 5.60. The van der Waals surface area contributed by atoms with E-state index in [0.29, 0.717) is 17.1 Å². The predicted molar refractivity (Wildman–Crippen MR) is 107 cm³/mol. The number of piperidine rings is 1. The molecule has 0 aliphatic carbocycles. The van der Waals surface area contributed by atoms with Gasteiger partial charge in [0.25, 0.3) is 11.8 Å². The molecule has 2 aromatic rings. The second-order valence-corrected chi connectivity index (χ2v) is 7.75. The molecule has 0 radical (unpaired) electrons. The molecule has 2 aliphatic rings. The maximum absolute atomic E-state index is 13.0. The Morgan fingerprint density at radius 3 is 2.68 bits per heavy atom. The summed E-state index contributed by atoms with van der Waals surface area (Å²) in [6, 6.07) is 5.75. The highest BCUT2D eigenvalue weighted by Gasteiger charge is 2.40. The van der Waals surface area contributed by atoms with Crippen LogP contribution in [0, 0.1) is 13.8 Å². The van der Waals surface area contributed by atoms with Gasteiger partial charge in [-0.2, -0.15) is 0 Å². The van der Waals surface area contributed by atoms with E-state index in [1.165, 1.54) is 11.0 Å². The number of benzene rings is 1. The minimum atomic E-state index is -0.777. The summed E-state index contributed by atoms with van der Waals surface area (Å²) >= 11 is 0. The van der Waals surface area contributed by atoms with Crippen LogP contribution in [0.2, 0.25) is 0 Å². The van der Waals surface area contributed by atoms with Crippen molar-refractivity contribution in [2.24, 2.45) is 0 Å². The maximum Gasteiger partial charge on any atom is 0.258 e. The Labute approximate surface area is 177 Å². The zero-order chi connectivity index (χ0) is 22.3. The van der Waals surface area contributed by atoms with Crippen molar-refractivity contribution in [3.8, 4) is 0 Å². The van der Waals surface area contributed by atoms with Gasteiger partial charge >= 0.3 is 0 Å². The van der Waals surface area contributed by atoms with Gasteiger partial charge in [0.2, 0.25) is 17.7 Å². The number of hydrogen-bond donors (Lipinski definition) is 2. The highest BCUT2D eigenvalue weighted by molar-refractivity contribution is 6.14. The van der Waals surface area contributed by atoms with Gasteiger partial charge in [-0.25, -0.2) is 0 Å². The summed E-state index contributed by atoms with van der Waals surface area (Å²) in [5.74, 6) is -1.47. The Morgan fingerprint density at radius 1 is 1.23 bits per heavy atom. The molecule has 3 heterocycles. The number of imide groups is 2. The largest absolute Gasteiger partial charge is 0.466 e. The van der Waals surface area contributed by atoms with Crippen LogP contribution in [0.15, 0.2) is 28.7 Å². The van der Waals surface area contributed by atoms with Crippen LogP contribution in [0.5, 0.6) is 0 Å². The Hall–Kier alpha value is -3.75. The Bertz CT molecular complexity index is 1110. The first-order valence-electron chi connectivity index (χ1n) is 9.91. The van der Waals surface area contributed by atoms with Crippen LogP contribution in [-0.2, 0) is 27.3 Å². The van der Waals surface area contributed by atoms with E-state index in [4.69, 9.17) is 4.42 Å². The molecule has 0 bridgehead atoms. The summed E-state index contributed by atoms with van der Waals surface area (Å²) in [7, 11) is 0. The molecular weight excluding hydrogens is 402 g/mol. The van der Waals surface area contributed by atoms with Crippen molar-refractivity contribution in [1.82, 2.24) is 15.5 Å². The Morgan fingerprint density at radius 2 is 2.00 bits per heavy atom. The second-order valence-electron chi connectivity index (χ2n) is 7.75. The van der Waals surface area contributed by atoms with E-state index in [1.54, 1.807) is 25.1 Å². The quantitative estimate of drug-likeness (QED) is 0.711. The number of rotatable bonds is 4. The minimum Gasteiger partial charge on any atom is -0.466 e. The van der Waals surface area contributed by atoms with Crippen LogP contribution in [0.4, 0.5) is 0 Å². The lowest BCUT2D eigenvalue weighted by molar-refractivity contribution is -0.137. The molecule has 1 fully saturated rings. The topological polar surface area (TPSA) is 126 Å². The fourth-order valence-electron chi connectivity index (χ4n) is 3.94. The Kier molecular flexibility index (Phi) is 5.18. The molecule has 0 spiro atoms. The molecule has 1 aromatic heterocycles. The van der Waals surface area contributed by atoms with Gasteiger partial charge in [0.05, 0.1) is 17.5 Å². The van der Waals surface area contributed by atoms with Gasteiger partial charge in [0.15, 0.2) is 0 Å². The molecule has 2 aliphatic heterocycles. The number of aryl methyl sites for hydroxylation is 2. The number of carbonyl (C=O) groups excluding carboxylic acids is 5. The van der Waals surface area contributed by atoms with Crippen LogP contribution in [0.3, 0.4) is 0 Å². The van der Waals surface area contributed by atoms with Gasteiger partial charge in [-0.05, 0) is 43.5 Å². The summed E-state index contributed by atoms with van der Waals surface area (Å²) in [6.45, 7) is 3.80. The first-order valence-corrected chi connectivity index (χ1v) is 9.91. The molecule has 31 heavy (non-hydrogen) atoms. The molecule has 1 unspecified atom stereocenters. The maximum atomic E-state index is 13.0. The molecule has 160 valence electrons. The predicted octanol–water partition coefficient (Wildman–Crippen LogP) is 1.16. The molecule has 4 rings (SSSR count). The molecule has 2 N–H and O–H groups in total. The standard InChI is InChI=1S/C22H21N3O6/c1-11-8-14(31-12(11)2)9-18(27)24-20(28)15-5-3-4-13-10-25(22(30)19(13)15)16-6-7-17(26)23-21(16)29/h3-5,8,16H,6-7,9-10H2,1-2H3,(H,23,26,29)(H,24,27,28). The van der Waals surface area contributed by atoms with Crippen molar-refractivity contribution in [3.63, 3.8) is 0 Å². The van der Waals surface area contributed by atoms with Gasteiger partial charge in [-0.15, -0.1) is 0 Å². The fraction of sp³-hybridized carbons (Fsp3) is 0.318. The van der Waals surface area contributed by atoms with E-state index in [2.05, 4.69) is 10.6 Å². The van der Waals surface area contributed by atoms with Gasteiger partial charge in [-0.1, -0.05) is 12.1 Å². The number of fused-ring (bicyclic) bond motifs is 1. The molecule has 9 heteroatoms. The number of amides is 5. The molecule has 0 saturated carbocycles. The minimum absolute atomic E-state index is 0.0671. The Balaban J connectivity index is 1.50. The van der Waals surface area contributed by atoms with E-state index >= 15 is 0 Å². The molecule has 1 saturated heterocycles. The highest BCUT2D eigenvalue weighted by atomic mass is 16.3. The number of nitrogens with zero attached hydrogens (tertiary/aromatic N) is 1. The van der Waals surface area contributed by atoms with E-state index < -0.39 is 29.7 Å². The number of nitrogens with one attached hydrogen (secondary N) is 2. The van der Waals surface area contributed by atoms with Crippen molar-refractivity contribution < 1.29 is 28.4 Å². The van der Waals surface area contributed by atoms with E-state index in [9.17, 15) is 24.0 Å². The summed E-state index contributed by atoms with van der Waals surface area (Å²) in [4.78, 5) is 63.1. The third kappa shape index (κ3) is 3.86. The van der Waals surface area contributed by atoms with Crippen LogP contribution in [-0.4, -0.2) is 40.5 Å². The van der Waals surface area contributed by atoms with E-state index in [0.717, 1.165) is 5.56 Å². The van der Waals surface area contributed by atoms with Gasteiger partial charge in [0, 0.05) is 13.0 Å². The van der Waals surface area contributed by atoms with Crippen LogP contribution in [0.1, 0.15) is 56.2 Å².